The van der Waals surface area contributed by atoms with Crippen molar-refractivity contribution in [3.8, 4) is 0 Å². The summed E-state index contributed by atoms with van der Waals surface area (Å²) in [6.07, 6.45) is 8.29. The minimum Gasteiger partial charge on any atom is -0.391 e. The molecule has 18 heavy (non-hydrogen) atoms. The third kappa shape index (κ3) is 2.12. The Labute approximate surface area is 112 Å². The smallest absolute Gasteiger partial charge is 0.0723 e. The van der Waals surface area contributed by atoms with Crippen molar-refractivity contribution in [2.75, 3.05) is 19.6 Å². The molecule has 0 aromatic rings. The van der Waals surface area contributed by atoms with E-state index in [2.05, 4.69) is 18.7 Å². The highest BCUT2D eigenvalue weighted by atomic mass is 16.3. The van der Waals surface area contributed by atoms with Gasteiger partial charge >= 0.3 is 0 Å². The zero-order chi connectivity index (χ0) is 12.8. The van der Waals surface area contributed by atoms with E-state index in [0.29, 0.717) is 5.41 Å². The van der Waals surface area contributed by atoms with Crippen LogP contribution in [0.3, 0.4) is 0 Å². The molecule has 0 amide bonds. The van der Waals surface area contributed by atoms with Gasteiger partial charge < -0.3 is 10.0 Å². The van der Waals surface area contributed by atoms with Gasteiger partial charge in [-0.05, 0) is 74.8 Å². The van der Waals surface area contributed by atoms with E-state index in [1.54, 1.807) is 0 Å². The molecule has 4 bridgehead atoms. The van der Waals surface area contributed by atoms with Gasteiger partial charge in [0.25, 0.3) is 0 Å². The van der Waals surface area contributed by atoms with Crippen LogP contribution in [0.2, 0.25) is 0 Å². The number of hydrogen-bond acceptors (Lipinski definition) is 2. The maximum atomic E-state index is 10.8. The molecule has 4 fully saturated rings. The number of likely N-dealkylation sites (N-methyl/N-ethyl adjacent to an activating group) is 1. The first kappa shape index (κ1) is 12.9. The Hall–Kier alpha value is -0.0800. The summed E-state index contributed by atoms with van der Waals surface area (Å²) >= 11 is 0. The second-order valence-corrected chi connectivity index (χ2v) is 7.28. The monoisotopic (exact) mass is 251 g/mol. The molecule has 4 aliphatic rings. The summed E-state index contributed by atoms with van der Waals surface area (Å²) in [5.74, 6) is 2.84. The van der Waals surface area contributed by atoms with Gasteiger partial charge in [0.1, 0.15) is 0 Å². The van der Waals surface area contributed by atoms with Crippen LogP contribution in [0.25, 0.3) is 0 Å². The molecule has 1 atom stereocenters. The van der Waals surface area contributed by atoms with Crippen LogP contribution < -0.4 is 0 Å². The first-order valence-corrected chi connectivity index (χ1v) is 8.05. The molecule has 0 aromatic carbocycles. The zero-order valence-electron chi connectivity index (χ0n) is 12.1. The molecule has 0 radical (unpaired) electrons. The maximum absolute atomic E-state index is 10.8. The second-order valence-electron chi connectivity index (χ2n) is 7.28. The van der Waals surface area contributed by atoms with Crippen LogP contribution in [0.15, 0.2) is 0 Å². The van der Waals surface area contributed by atoms with E-state index in [1.807, 2.05) is 0 Å². The van der Waals surface area contributed by atoms with Gasteiger partial charge in [0.2, 0.25) is 0 Å². The third-order valence-corrected chi connectivity index (χ3v) is 6.12. The third-order valence-electron chi connectivity index (χ3n) is 6.12. The summed E-state index contributed by atoms with van der Waals surface area (Å²) in [6.45, 7) is 7.45. The molecule has 0 spiro atoms. The van der Waals surface area contributed by atoms with Crippen LogP contribution in [-0.2, 0) is 0 Å². The van der Waals surface area contributed by atoms with Crippen molar-refractivity contribution in [2.45, 2.75) is 58.5 Å². The molecule has 104 valence electrons. The van der Waals surface area contributed by atoms with Crippen LogP contribution in [-0.4, -0.2) is 35.7 Å². The van der Waals surface area contributed by atoms with Crippen molar-refractivity contribution < 1.29 is 5.11 Å². The molecule has 0 unspecified atom stereocenters. The van der Waals surface area contributed by atoms with Gasteiger partial charge in [-0.2, -0.15) is 0 Å². The molecule has 4 rings (SSSR count). The van der Waals surface area contributed by atoms with Gasteiger partial charge in [-0.3, -0.25) is 0 Å². The highest BCUT2D eigenvalue weighted by Crippen LogP contribution is 2.61. The lowest BCUT2D eigenvalue weighted by Crippen LogP contribution is -2.54. The van der Waals surface area contributed by atoms with Gasteiger partial charge in [0.05, 0.1) is 6.10 Å². The molecule has 0 aromatic heterocycles. The fourth-order valence-electron chi connectivity index (χ4n) is 5.51. The molecular formula is C16H29NO. The topological polar surface area (TPSA) is 23.5 Å². The molecule has 2 heteroatoms. The van der Waals surface area contributed by atoms with Gasteiger partial charge in [0.15, 0.2) is 0 Å². The lowest BCUT2D eigenvalue weighted by molar-refractivity contribution is -0.126. The summed E-state index contributed by atoms with van der Waals surface area (Å²) in [4.78, 5) is 2.39. The van der Waals surface area contributed by atoms with Crippen molar-refractivity contribution in [3.05, 3.63) is 0 Å². The number of nitrogens with zero attached hydrogens (tertiary/aromatic N) is 1. The molecule has 1 N–H and O–H groups in total. The van der Waals surface area contributed by atoms with E-state index in [9.17, 15) is 5.11 Å². The van der Waals surface area contributed by atoms with Crippen LogP contribution >= 0.6 is 0 Å². The lowest BCUT2D eigenvalue weighted by Gasteiger charge is -2.58. The van der Waals surface area contributed by atoms with Crippen LogP contribution in [0.5, 0.6) is 0 Å². The zero-order valence-corrected chi connectivity index (χ0v) is 12.1. The SMILES string of the molecule is CCN(CC)C[C@@H](O)C12CC3CC(CC(C3)C1)C2. The highest BCUT2D eigenvalue weighted by Gasteiger charge is 2.53. The number of aliphatic hydroxyl groups is 1. The Bertz CT molecular complexity index is 262. The van der Waals surface area contributed by atoms with Crippen molar-refractivity contribution in [3.63, 3.8) is 0 Å². The van der Waals surface area contributed by atoms with E-state index in [0.717, 1.165) is 37.4 Å². The molecular weight excluding hydrogens is 222 g/mol. The van der Waals surface area contributed by atoms with E-state index in [1.165, 1.54) is 38.5 Å². The molecule has 0 aliphatic heterocycles. The molecule has 2 nitrogen and oxygen atoms in total. The lowest BCUT2D eigenvalue weighted by atomic mass is 9.48. The van der Waals surface area contributed by atoms with Crippen LogP contribution in [0, 0.1) is 23.2 Å². The van der Waals surface area contributed by atoms with Crippen molar-refractivity contribution in [2.24, 2.45) is 23.2 Å². The van der Waals surface area contributed by atoms with Gasteiger partial charge in [0, 0.05) is 6.54 Å². The molecule has 0 saturated heterocycles. The van der Waals surface area contributed by atoms with Gasteiger partial charge in [-0.1, -0.05) is 13.8 Å². The number of rotatable bonds is 5. The Morgan fingerprint density at radius 3 is 1.83 bits per heavy atom. The molecule has 4 saturated carbocycles. The summed E-state index contributed by atoms with van der Waals surface area (Å²) in [7, 11) is 0. The number of aliphatic hydroxyl groups excluding tert-OH is 1. The average Bonchev–Trinajstić information content (AvgIpc) is 2.34. The average molecular weight is 251 g/mol. The summed E-state index contributed by atoms with van der Waals surface area (Å²) in [6, 6.07) is 0. The Balaban J connectivity index is 1.70. The Kier molecular flexibility index (Phi) is 3.44. The van der Waals surface area contributed by atoms with E-state index >= 15 is 0 Å². The van der Waals surface area contributed by atoms with Crippen molar-refractivity contribution in [1.29, 1.82) is 0 Å². The Morgan fingerprint density at radius 2 is 1.44 bits per heavy atom. The summed E-state index contributed by atoms with van der Waals surface area (Å²) in [5, 5.41) is 10.8. The Morgan fingerprint density at radius 1 is 1.00 bits per heavy atom. The van der Waals surface area contributed by atoms with Gasteiger partial charge in [-0.15, -0.1) is 0 Å². The summed E-state index contributed by atoms with van der Waals surface area (Å²) in [5.41, 5.74) is 0.303. The normalized spacial score (nSPS) is 43.7. The number of hydrogen-bond donors (Lipinski definition) is 1. The first-order chi connectivity index (χ1) is 8.65. The summed E-state index contributed by atoms with van der Waals surface area (Å²) < 4.78 is 0. The van der Waals surface area contributed by atoms with E-state index in [-0.39, 0.29) is 6.10 Å². The second kappa shape index (κ2) is 4.79. The quantitative estimate of drug-likeness (QED) is 0.812. The van der Waals surface area contributed by atoms with Crippen LogP contribution in [0.4, 0.5) is 0 Å². The fraction of sp³-hybridized carbons (Fsp3) is 1.00. The first-order valence-electron chi connectivity index (χ1n) is 8.05. The maximum Gasteiger partial charge on any atom is 0.0723 e. The molecule has 0 heterocycles. The van der Waals surface area contributed by atoms with Gasteiger partial charge in [-0.25, -0.2) is 0 Å². The predicted molar refractivity (Wildman–Crippen MR) is 74.4 cm³/mol. The van der Waals surface area contributed by atoms with Crippen molar-refractivity contribution in [1.82, 2.24) is 4.90 Å². The van der Waals surface area contributed by atoms with E-state index in [4.69, 9.17) is 0 Å². The predicted octanol–water partition coefficient (Wildman–Crippen LogP) is 2.91. The standard InChI is InChI=1S/C16H29NO/c1-3-17(4-2)11-15(18)16-8-12-5-13(9-16)7-14(6-12)10-16/h12-15,18H,3-11H2,1-2H3/t12?,13?,14?,15-,16?/m1/s1. The molecule has 4 aliphatic carbocycles. The van der Waals surface area contributed by atoms with Crippen molar-refractivity contribution >= 4 is 0 Å². The largest absolute Gasteiger partial charge is 0.391 e. The minimum atomic E-state index is -0.0780. The minimum absolute atomic E-state index is 0.0780. The fourth-order valence-corrected chi connectivity index (χ4v) is 5.51. The van der Waals surface area contributed by atoms with Crippen LogP contribution in [0.1, 0.15) is 52.4 Å². The highest BCUT2D eigenvalue weighted by molar-refractivity contribution is 5.04. The van der Waals surface area contributed by atoms with E-state index < -0.39 is 0 Å².